The third kappa shape index (κ3) is 5.04. The lowest BCUT2D eigenvalue weighted by atomic mass is 10.0. The number of hydrogen-bond acceptors (Lipinski definition) is 2. The maximum Gasteiger partial charge on any atom is 0.138 e. The molecular weight excluding hydrogens is 294 g/mol. The van der Waals surface area contributed by atoms with Gasteiger partial charge in [0.2, 0.25) is 0 Å². The van der Waals surface area contributed by atoms with Crippen molar-refractivity contribution in [2.24, 2.45) is 0 Å². The van der Waals surface area contributed by atoms with Crippen molar-refractivity contribution in [3.63, 3.8) is 0 Å². The van der Waals surface area contributed by atoms with Crippen molar-refractivity contribution in [2.75, 3.05) is 0 Å². The zero-order valence-corrected chi connectivity index (χ0v) is 14.3. The highest BCUT2D eigenvalue weighted by Gasteiger charge is 2.13. The molecule has 2 rings (SSSR count). The maximum atomic E-state index is 6.33. The zero-order chi connectivity index (χ0) is 16.0. The van der Waals surface area contributed by atoms with Gasteiger partial charge in [0.25, 0.3) is 0 Å². The summed E-state index contributed by atoms with van der Waals surface area (Å²) in [5.74, 6) is 0.726. The number of hydrogen-bond donors (Lipinski definition) is 1. The molecule has 22 heavy (non-hydrogen) atoms. The van der Waals surface area contributed by atoms with Crippen molar-refractivity contribution in [2.45, 2.75) is 45.9 Å². The van der Waals surface area contributed by atoms with Crippen molar-refractivity contribution >= 4 is 11.6 Å². The van der Waals surface area contributed by atoms with Gasteiger partial charge in [0.15, 0.2) is 0 Å². The van der Waals surface area contributed by atoms with E-state index in [1.54, 1.807) is 0 Å². The molecule has 0 saturated carbocycles. The Bertz CT molecular complexity index is 596. The zero-order valence-electron chi connectivity index (χ0n) is 13.5. The van der Waals surface area contributed by atoms with Crippen LogP contribution >= 0.6 is 11.6 Å². The molecule has 0 aliphatic heterocycles. The van der Waals surface area contributed by atoms with Crippen LogP contribution < -0.4 is 10.1 Å². The smallest absolute Gasteiger partial charge is 0.138 e. The number of ether oxygens (including phenoxy) is 1. The van der Waals surface area contributed by atoms with E-state index in [1.165, 1.54) is 5.56 Å². The molecule has 1 N–H and O–H groups in total. The summed E-state index contributed by atoms with van der Waals surface area (Å²) in [7, 11) is 0. The summed E-state index contributed by atoms with van der Waals surface area (Å²) in [6.45, 7) is 7.92. The summed E-state index contributed by atoms with van der Waals surface area (Å²) >= 11 is 6.33. The highest BCUT2D eigenvalue weighted by atomic mass is 35.5. The van der Waals surface area contributed by atoms with Crippen LogP contribution in [-0.2, 0) is 13.2 Å². The molecule has 0 atom stereocenters. The van der Waals surface area contributed by atoms with E-state index < -0.39 is 0 Å². The molecule has 0 radical (unpaired) electrons. The van der Waals surface area contributed by atoms with Gasteiger partial charge in [-0.05, 0) is 43.5 Å². The summed E-state index contributed by atoms with van der Waals surface area (Å²) in [6.07, 6.45) is 1.08. The van der Waals surface area contributed by atoms with Gasteiger partial charge >= 0.3 is 0 Å². The molecule has 0 spiro atoms. The molecule has 0 unspecified atom stereocenters. The first-order chi connectivity index (χ1) is 10.5. The van der Waals surface area contributed by atoms with E-state index in [-0.39, 0.29) is 5.54 Å². The van der Waals surface area contributed by atoms with Crippen LogP contribution in [0.25, 0.3) is 0 Å². The SMILES string of the molecule is CCC(C)(C)NCc1ccc(OCc2ccccc2)c(Cl)c1. The molecule has 0 fully saturated rings. The predicted molar refractivity (Wildman–Crippen MR) is 93.4 cm³/mol. The van der Waals surface area contributed by atoms with E-state index in [0.717, 1.165) is 24.3 Å². The molecule has 0 heterocycles. The highest BCUT2D eigenvalue weighted by molar-refractivity contribution is 6.32. The molecule has 0 aromatic heterocycles. The third-order valence-corrected chi connectivity index (χ3v) is 4.18. The largest absolute Gasteiger partial charge is 0.487 e. The van der Waals surface area contributed by atoms with E-state index in [1.807, 2.05) is 42.5 Å². The van der Waals surface area contributed by atoms with Crippen molar-refractivity contribution < 1.29 is 4.74 Å². The fraction of sp³-hybridized carbons (Fsp3) is 0.368. The van der Waals surface area contributed by atoms with E-state index in [0.29, 0.717) is 11.6 Å². The standard InChI is InChI=1S/C19H24ClNO/c1-4-19(2,3)21-13-16-10-11-18(17(20)12-16)22-14-15-8-6-5-7-9-15/h5-12,21H,4,13-14H2,1-3H3. The summed E-state index contributed by atoms with van der Waals surface area (Å²) in [6, 6.07) is 16.1. The summed E-state index contributed by atoms with van der Waals surface area (Å²) in [5.41, 5.74) is 2.43. The average Bonchev–Trinajstić information content (AvgIpc) is 2.53. The van der Waals surface area contributed by atoms with Crippen molar-refractivity contribution in [1.82, 2.24) is 5.32 Å². The molecule has 3 heteroatoms. The molecule has 0 aliphatic rings. The Morgan fingerprint density at radius 2 is 1.77 bits per heavy atom. The van der Waals surface area contributed by atoms with Gasteiger partial charge in [-0.25, -0.2) is 0 Å². The van der Waals surface area contributed by atoms with E-state index >= 15 is 0 Å². The van der Waals surface area contributed by atoms with Crippen LogP contribution in [0, 0.1) is 0 Å². The second-order valence-electron chi connectivity index (χ2n) is 6.13. The minimum absolute atomic E-state index is 0.134. The van der Waals surface area contributed by atoms with Crippen molar-refractivity contribution in [3.8, 4) is 5.75 Å². The lowest BCUT2D eigenvalue weighted by Crippen LogP contribution is -2.37. The van der Waals surface area contributed by atoms with Gasteiger partial charge in [0.05, 0.1) is 5.02 Å². The lowest BCUT2D eigenvalue weighted by molar-refractivity contribution is 0.306. The van der Waals surface area contributed by atoms with Gasteiger partial charge < -0.3 is 10.1 Å². The number of rotatable bonds is 7. The Morgan fingerprint density at radius 1 is 1.05 bits per heavy atom. The van der Waals surface area contributed by atoms with Gasteiger partial charge in [0.1, 0.15) is 12.4 Å². The van der Waals surface area contributed by atoms with Crippen molar-refractivity contribution in [1.29, 1.82) is 0 Å². The van der Waals surface area contributed by atoms with Crippen LogP contribution in [0.15, 0.2) is 48.5 Å². The van der Waals surface area contributed by atoms with Gasteiger partial charge in [0, 0.05) is 12.1 Å². The van der Waals surface area contributed by atoms with Crippen LogP contribution in [0.3, 0.4) is 0 Å². The highest BCUT2D eigenvalue weighted by Crippen LogP contribution is 2.26. The van der Waals surface area contributed by atoms with Crippen molar-refractivity contribution in [3.05, 3.63) is 64.7 Å². The molecule has 0 saturated heterocycles. The molecular formula is C19H24ClNO. The summed E-state index contributed by atoms with van der Waals surface area (Å²) in [5, 5.41) is 4.19. The first-order valence-electron chi connectivity index (χ1n) is 7.70. The first kappa shape index (κ1) is 16.9. The van der Waals surface area contributed by atoms with Gasteiger partial charge in [-0.3, -0.25) is 0 Å². The second kappa shape index (κ2) is 7.66. The van der Waals surface area contributed by atoms with Crippen LogP contribution in [0.2, 0.25) is 5.02 Å². The monoisotopic (exact) mass is 317 g/mol. The quantitative estimate of drug-likeness (QED) is 0.758. The molecule has 0 amide bonds. The number of halogens is 1. The van der Waals surface area contributed by atoms with Gasteiger partial charge in [-0.2, -0.15) is 0 Å². The molecule has 2 aromatic rings. The van der Waals surface area contributed by atoms with Gasteiger partial charge in [-0.1, -0.05) is 54.9 Å². The number of benzene rings is 2. The Balaban J connectivity index is 1.95. The lowest BCUT2D eigenvalue weighted by Gasteiger charge is -2.24. The minimum atomic E-state index is 0.134. The molecule has 0 aliphatic carbocycles. The maximum absolute atomic E-state index is 6.33. The normalized spacial score (nSPS) is 11.5. The Kier molecular flexibility index (Phi) is 5.87. The first-order valence-corrected chi connectivity index (χ1v) is 8.08. The summed E-state index contributed by atoms with van der Waals surface area (Å²) in [4.78, 5) is 0. The Morgan fingerprint density at radius 3 is 2.41 bits per heavy atom. The molecule has 118 valence electrons. The fourth-order valence-corrected chi connectivity index (χ4v) is 2.23. The average molecular weight is 318 g/mol. The van der Waals surface area contributed by atoms with E-state index in [9.17, 15) is 0 Å². The Labute approximate surface area is 138 Å². The molecule has 2 nitrogen and oxygen atoms in total. The number of nitrogens with one attached hydrogen (secondary N) is 1. The second-order valence-corrected chi connectivity index (χ2v) is 6.54. The topological polar surface area (TPSA) is 21.3 Å². The molecule has 0 bridgehead atoms. The van der Waals surface area contributed by atoms with E-state index in [2.05, 4.69) is 32.2 Å². The van der Waals surface area contributed by atoms with E-state index in [4.69, 9.17) is 16.3 Å². The third-order valence-electron chi connectivity index (χ3n) is 3.89. The predicted octanol–water partition coefficient (Wildman–Crippen LogP) is 5.20. The molecule has 2 aromatic carbocycles. The van der Waals surface area contributed by atoms with Crippen LogP contribution in [-0.4, -0.2) is 5.54 Å². The minimum Gasteiger partial charge on any atom is -0.487 e. The van der Waals surface area contributed by atoms with Gasteiger partial charge in [-0.15, -0.1) is 0 Å². The Hall–Kier alpha value is -1.51. The van der Waals surface area contributed by atoms with Crippen LogP contribution in [0.1, 0.15) is 38.3 Å². The van der Waals surface area contributed by atoms with Crippen LogP contribution in [0.5, 0.6) is 5.75 Å². The summed E-state index contributed by atoms with van der Waals surface area (Å²) < 4.78 is 5.79. The fourth-order valence-electron chi connectivity index (χ4n) is 1.97. The van der Waals surface area contributed by atoms with Crippen LogP contribution in [0.4, 0.5) is 0 Å².